The van der Waals surface area contributed by atoms with Crippen LogP contribution in [0.4, 0.5) is 0 Å². The molecule has 2 N–H and O–H groups in total. The number of para-hydroxylation sites is 2. The van der Waals surface area contributed by atoms with E-state index in [0.29, 0.717) is 24.5 Å². The van der Waals surface area contributed by atoms with E-state index >= 15 is 0 Å². The van der Waals surface area contributed by atoms with Crippen LogP contribution < -0.4 is 0 Å². The predicted molar refractivity (Wildman–Crippen MR) is 120 cm³/mol. The van der Waals surface area contributed by atoms with Crippen LogP contribution in [0.2, 0.25) is 0 Å². The Balaban J connectivity index is 1.26. The molecule has 154 valence electrons. The van der Waals surface area contributed by atoms with E-state index in [9.17, 15) is 9.59 Å². The molecule has 0 bridgehead atoms. The molecule has 4 aromatic rings. The Labute approximate surface area is 175 Å². The molecular weight excluding hydrogens is 376 g/mol. The fourth-order valence-electron chi connectivity index (χ4n) is 3.69. The van der Waals surface area contributed by atoms with Crippen molar-refractivity contribution in [2.24, 2.45) is 0 Å². The molecule has 4 rings (SSSR count). The molecule has 0 aliphatic rings. The van der Waals surface area contributed by atoms with Crippen molar-refractivity contribution >= 4 is 33.6 Å². The molecule has 2 aromatic carbocycles. The fourth-order valence-corrected chi connectivity index (χ4v) is 3.69. The predicted octanol–water partition coefficient (Wildman–Crippen LogP) is 4.27. The number of benzene rings is 2. The molecule has 6 heteroatoms. The number of hydrogen-bond acceptors (Lipinski definition) is 2. The van der Waals surface area contributed by atoms with E-state index in [-0.39, 0.29) is 11.8 Å². The third kappa shape index (κ3) is 4.08. The lowest BCUT2D eigenvalue weighted by Crippen LogP contribution is -2.30. The zero-order chi connectivity index (χ0) is 21.1. The molecule has 2 heterocycles. The summed E-state index contributed by atoms with van der Waals surface area (Å²) in [4.78, 5) is 35.1. The Morgan fingerprint density at radius 2 is 1.10 bits per heavy atom. The molecule has 6 nitrogen and oxygen atoms in total. The molecular formula is C24H26N4O2. The van der Waals surface area contributed by atoms with Gasteiger partial charge in [-0.05, 0) is 37.1 Å². The molecule has 2 aromatic heterocycles. The molecule has 0 aliphatic carbocycles. The average Bonchev–Trinajstić information content (AvgIpc) is 3.39. The molecule has 30 heavy (non-hydrogen) atoms. The molecule has 0 saturated heterocycles. The summed E-state index contributed by atoms with van der Waals surface area (Å²) in [7, 11) is 3.63. The highest BCUT2D eigenvalue weighted by molar-refractivity contribution is 5.98. The van der Waals surface area contributed by atoms with E-state index in [1.807, 2.05) is 74.8 Å². The van der Waals surface area contributed by atoms with Gasteiger partial charge in [0.15, 0.2) is 0 Å². The number of aromatic nitrogens is 2. The summed E-state index contributed by atoms with van der Waals surface area (Å²) in [5.74, 6) is -0.0394. The molecule has 0 spiro atoms. The number of fused-ring (bicyclic) bond motifs is 2. The van der Waals surface area contributed by atoms with E-state index in [4.69, 9.17) is 0 Å². The topological polar surface area (TPSA) is 72.2 Å². The van der Waals surface area contributed by atoms with Gasteiger partial charge in [-0.15, -0.1) is 0 Å². The Morgan fingerprint density at radius 1 is 0.700 bits per heavy atom. The minimum Gasteiger partial charge on any atom is -0.351 e. The van der Waals surface area contributed by atoms with E-state index in [2.05, 4.69) is 9.97 Å². The number of carbonyl (C=O) groups is 2. The van der Waals surface area contributed by atoms with Gasteiger partial charge in [0.25, 0.3) is 11.8 Å². The minimum absolute atomic E-state index is 0.0197. The zero-order valence-electron chi connectivity index (χ0n) is 17.3. The van der Waals surface area contributed by atoms with E-state index in [0.717, 1.165) is 34.6 Å². The summed E-state index contributed by atoms with van der Waals surface area (Å²) in [6.45, 7) is 1.28. The van der Waals surface area contributed by atoms with Crippen molar-refractivity contribution in [1.29, 1.82) is 0 Å². The molecule has 0 unspecified atom stereocenters. The monoisotopic (exact) mass is 402 g/mol. The first kappa shape index (κ1) is 19.8. The third-order valence-corrected chi connectivity index (χ3v) is 5.45. The third-order valence-electron chi connectivity index (χ3n) is 5.45. The Hall–Kier alpha value is -3.54. The van der Waals surface area contributed by atoms with Crippen molar-refractivity contribution < 1.29 is 9.59 Å². The fraction of sp³-hybridized carbons (Fsp3) is 0.250. The van der Waals surface area contributed by atoms with Crippen LogP contribution in [0.5, 0.6) is 0 Å². The van der Waals surface area contributed by atoms with Crippen molar-refractivity contribution in [1.82, 2.24) is 19.8 Å². The number of aromatic amines is 2. The Kier molecular flexibility index (Phi) is 5.57. The lowest BCUT2D eigenvalue weighted by molar-refractivity contribution is 0.0762. The van der Waals surface area contributed by atoms with Crippen LogP contribution in [0, 0.1) is 0 Å². The second-order valence-corrected chi connectivity index (χ2v) is 7.70. The van der Waals surface area contributed by atoms with E-state index < -0.39 is 0 Å². The standard InChI is InChI=1S/C24H26N4O2/c1-27(23(29)21-15-17-9-3-5-11-19(17)25-21)13-7-8-14-28(2)24(30)22-16-18-10-4-6-12-20(18)26-22/h3-6,9-12,15-16,25-26H,7-8,13-14H2,1-2H3. The second-order valence-electron chi connectivity index (χ2n) is 7.70. The number of carbonyl (C=O) groups excluding carboxylic acids is 2. The number of nitrogens with one attached hydrogen (secondary N) is 2. The van der Waals surface area contributed by atoms with Crippen LogP contribution in [0.15, 0.2) is 60.7 Å². The molecule has 0 radical (unpaired) electrons. The van der Waals surface area contributed by atoms with Crippen molar-refractivity contribution in [3.63, 3.8) is 0 Å². The van der Waals surface area contributed by atoms with Gasteiger partial charge in [-0.3, -0.25) is 9.59 Å². The number of nitrogens with zero attached hydrogens (tertiary/aromatic N) is 2. The number of rotatable bonds is 7. The molecule has 2 amide bonds. The van der Waals surface area contributed by atoms with Gasteiger partial charge in [-0.25, -0.2) is 0 Å². The van der Waals surface area contributed by atoms with Gasteiger partial charge >= 0.3 is 0 Å². The number of unbranched alkanes of at least 4 members (excludes halogenated alkanes) is 1. The van der Waals surface area contributed by atoms with Gasteiger partial charge in [-0.2, -0.15) is 0 Å². The summed E-state index contributed by atoms with van der Waals surface area (Å²) in [6.07, 6.45) is 1.65. The number of H-pyrrole nitrogens is 2. The number of amides is 2. The van der Waals surface area contributed by atoms with Crippen LogP contribution in [-0.2, 0) is 0 Å². The second kappa shape index (κ2) is 8.45. The molecule has 0 saturated carbocycles. The lowest BCUT2D eigenvalue weighted by atomic mass is 10.2. The average molecular weight is 402 g/mol. The molecule has 0 fully saturated rings. The van der Waals surface area contributed by atoms with Crippen LogP contribution in [0.1, 0.15) is 33.8 Å². The van der Waals surface area contributed by atoms with Gasteiger partial charge in [0.05, 0.1) is 0 Å². The van der Waals surface area contributed by atoms with Crippen LogP contribution in [0.3, 0.4) is 0 Å². The SMILES string of the molecule is CN(CCCCN(C)C(=O)c1cc2ccccc2[nH]1)C(=O)c1cc2ccccc2[nH]1. The van der Waals surface area contributed by atoms with Crippen LogP contribution in [-0.4, -0.2) is 58.8 Å². The maximum atomic E-state index is 12.6. The zero-order valence-corrected chi connectivity index (χ0v) is 17.3. The first-order valence-electron chi connectivity index (χ1n) is 10.2. The highest BCUT2D eigenvalue weighted by atomic mass is 16.2. The van der Waals surface area contributed by atoms with Crippen molar-refractivity contribution in [2.45, 2.75) is 12.8 Å². The van der Waals surface area contributed by atoms with E-state index in [1.165, 1.54) is 0 Å². The first-order chi connectivity index (χ1) is 14.5. The summed E-state index contributed by atoms with van der Waals surface area (Å²) >= 11 is 0. The lowest BCUT2D eigenvalue weighted by Gasteiger charge is -2.19. The van der Waals surface area contributed by atoms with E-state index in [1.54, 1.807) is 9.80 Å². The summed E-state index contributed by atoms with van der Waals surface area (Å²) in [5, 5.41) is 2.07. The van der Waals surface area contributed by atoms with Gasteiger partial charge in [0.2, 0.25) is 0 Å². The minimum atomic E-state index is -0.0197. The maximum absolute atomic E-state index is 12.6. The summed E-state index contributed by atoms with van der Waals surface area (Å²) in [6, 6.07) is 19.5. The first-order valence-corrected chi connectivity index (χ1v) is 10.2. The van der Waals surface area contributed by atoms with Gasteiger partial charge in [0.1, 0.15) is 11.4 Å². The van der Waals surface area contributed by atoms with Crippen molar-refractivity contribution in [2.75, 3.05) is 27.2 Å². The summed E-state index contributed by atoms with van der Waals surface area (Å²) < 4.78 is 0. The van der Waals surface area contributed by atoms with Gasteiger partial charge < -0.3 is 19.8 Å². The van der Waals surface area contributed by atoms with Crippen LogP contribution >= 0.6 is 0 Å². The largest absolute Gasteiger partial charge is 0.351 e. The van der Waals surface area contributed by atoms with Crippen molar-refractivity contribution in [3.8, 4) is 0 Å². The van der Waals surface area contributed by atoms with Crippen molar-refractivity contribution in [3.05, 3.63) is 72.1 Å². The smallest absolute Gasteiger partial charge is 0.270 e. The number of hydrogen-bond donors (Lipinski definition) is 2. The highest BCUT2D eigenvalue weighted by Gasteiger charge is 2.16. The van der Waals surface area contributed by atoms with Crippen LogP contribution in [0.25, 0.3) is 21.8 Å². The summed E-state index contributed by atoms with van der Waals surface area (Å²) in [5.41, 5.74) is 3.13. The molecule has 0 aliphatic heterocycles. The maximum Gasteiger partial charge on any atom is 0.270 e. The molecule has 0 atom stereocenters. The Bertz CT molecular complexity index is 1030. The van der Waals surface area contributed by atoms with Gasteiger partial charge in [0, 0.05) is 49.0 Å². The quantitative estimate of drug-likeness (QED) is 0.453. The highest BCUT2D eigenvalue weighted by Crippen LogP contribution is 2.17. The Morgan fingerprint density at radius 3 is 1.50 bits per heavy atom. The van der Waals surface area contributed by atoms with Gasteiger partial charge in [-0.1, -0.05) is 36.4 Å². The normalized spacial score (nSPS) is 11.1.